The summed E-state index contributed by atoms with van der Waals surface area (Å²) in [5.41, 5.74) is 2.16. The summed E-state index contributed by atoms with van der Waals surface area (Å²) in [5, 5.41) is 22.9. The maximum atomic E-state index is 9.93. The molecule has 0 bridgehead atoms. The molecule has 0 aromatic heterocycles. The summed E-state index contributed by atoms with van der Waals surface area (Å²) in [5.74, 6) is 0.0357. The van der Waals surface area contributed by atoms with E-state index in [0.717, 1.165) is 5.56 Å². The van der Waals surface area contributed by atoms with Crippen molar-refractivity contribution < 1.29 is 10.3 Å². The fraction of sp³-hybridized carbons (Fsp3) is 0.0714. The summed E-state index contributed by atoms with van der Waals surface area (Å²) in [6, 6.07) is 12.2. The molecular formula is C14H12ClNO2. The molecule has 0 aliphatic heterocycles. The summed E-state index contributed by atoms with van der Waals surface area (Å²) in [4.78, 5) is 0. The van der Waals surface area contributed by atoms with Gasteiger partial charge in [0.1, 0.15) is 11.5 Å². The van der Waals surface area contributed by atoms with E-state index in [0.29, 0.717) is 16.1 Å². The van der Waals surface area contributed by atoms with Gasteiger partial charge in [-0.1, -0.05) is 47.1 Å². The van der Waals surface area contributed by atoms with Crippen molar-refractivity contribution in [2.45, 2.75) is 6.92 Å². The van der Waals surface area contributed by atoms with Gasteiger partial charge in [-0.2, -0.15) is 0 Å². The van der Waals surface area contributed by atoms with Crippen molar-refractivity contribution in [2.24, 2.45) is 5.16 Å². The number of halogens is 1. The number of hydrogen-bond donors (Lipinski definition) is 2. The second-order valence-electron chi connectivity index (χ2n) is 3.93. The van der Waals surface area contributed by atoms with Crippen LogP contribution in [0.2, 0.25) is 5.02 Å². The minimum atomic E-state index is 0.0357. The Balaban J connectivity index is 2.57. The monoisotopic (exact) mass is 261 g/mol. The molecule has 0 heterocycles. The number of hydrogen-bond acceptors (Lipinski definition) is 3. The van der Waals surface area contributed by atoms with Crippen molar-refractivity contribution in [3.63, 3.8) is 0 Å². The van der Waals surface area contributed by atoms with E-state index in [2.05, 4.69) is 5.16 Å². The molecule has 0 aliphatic carbocycles. The molecule has 2 N–H and O–H groups in total. The van der Waals surface area contributed by atoms with E-state index in [4.69, 9.17) is 16.8 Å². The van der Waals surface area contributed by atoms with Gasteiger partial charge < -0.3 is 10.3 Å². The van der Waals surface area contributed by atoms with Gasteiger partial charge in [-0.3, -0.25) is 0 Å². The highest BCUT2D eigenvalue weighted by Crippen LogP contribution is 2.27. The Morgan fingerprint density at radius 3 is 2.44 bits per heavy atom. The predicted octanol–water partition coefficient (Wildman–Crippen LogP) is 3.58. The second kappa shape index (κ2) is 5.10. The molecule has 18 heavy (non-hydrogen) atoms. The highest BCUT2D eigenvalue weighted by atomic mass is 35.5. The van der Waals surface area contributed by atoms with Crippen LogP contribution in [0, 0.1) is 6.92 Å². The zero-order valence-electron chi connectivity index (χ0n) is 9.76. The van der Waals surface area contributed by atoms with Crippen LogP contribution in [0.15, 0.2) is 47.6 Å². The number of phenolic OH excluding ortho intramolecular Hbond substituents is 1. The lowest BCUT2D eigenvalue weighted by Crippen LogP contribution is -2.04. The molecule has 4 heteroatoms. The van der Waals surface area contributed by atoms with Gasteiger partial charge in [0.25, 0.3) is 0 Å². The SMILES string of the molecule is Cc1cc(O)c(/C(=N\O)c2ccccc2)cc1Cl. The zero-order valence-corrected chi connectivity index (χ0v) is 10.5. The van der Waals surface area contributed by atoms with Crippen molar-refractivity contribution in [3.05, 3.63) is 64.2 Å². The molecule has 92 valence electrons. The van der Waals surface area contributed by atoms with Crippen molar-refractivity contribution in [1.29, 1.82) is 0 Å². The normalized spacial score (nSPS) is 11.6. The lowest BCUT2D eigenvalue weighted by atomic mass is 10.0. The first-order chi connectivity index (χ1) is 8.63. The smallest absolute Gasteiger partial charge is 0.125 e. The minimum Gasteiger partial charge on any atom is -0.507 e. The molecule has 0 unspecified atom stereocenters. The van der Waals surface area contributed by atoms with E-state index < -0.39 is 0 Å². The minimum absolute atomic E-state index is 0.0357. The second-order valence-corrected chi connectivity index (χ2v) is 4.34. The van der Waals surface area contributed by atoms with Gasteiger partial charge in [0, 0.05) is 16.1 Å². The van der Waals surface area contributed by atoms with E-state index in [1.807, 2.05) is 18.2 Å². The Labute approximate surface area is 110 Å². The van der Waals surface area contributed by atoms with E-state index in [-0.39, 0.29) is 11.5 Å². The Bertz CT molecular complexity index is 594. The van der Waals surface area contributed by atoms with Crippen molar-refractivity contribution in [3.8, 4) is 5.75 Å². The number of benzene rings is 2. The summed E-state index contributed by atoms with van der Waals surface area (Å²) in [6.45, 7) is 1.80. The van der Waals surface area contributed by atoms with Crippen molar-refractivity contribution in [2.75, 3.05) is 0 Å². The molecule has 0 spiro atoms. The van der Waals surface area contributed by atoms with Gasteiger partial charge in [-0.25, -0.2) is 0 Å². The molecule has 2 rings (SSSR count). The first-order valence-electron chi connectivity index (χ1n) is 5.40. The Morgan fingerprint density at radius 2 is 1.83 bits per heavy atom. The third kappa shape index (κ3) is 2.31. The van der Waals surface area contributed by atoms with Gasteiger partial charge in [0.2, 0.25) is 0 Å². The Kier molecular flexibility index (Phi) is 3.53. The van der Waals surface area contributed by atoms with Crippen LogP contribution in [0.3, 0.4) is 0 Å². The zero-order chi connectivity index (χ0) is 13.1. The Hall–Kier alpha value is -2.00. The van der Waals surface area contributed by atoms with Gasteiger partial charge in [0.15, 0.2) is 0 Å². The van der Waals surface area contributed by atoms with Crippen LogP contribution in [-0.2, 0) is 0 Å². The fourth-order valence-electron chi connectivity index (χ4n) is 1.72. The number of phenols is 1. The molecule has 0 aliphatic rings. The van der Waals surface area contributed by atoms with Crippen molar-refractivity contribution >= 4 is 17.3 Å². The van der Waals surface area contributed by atoms with Crippen LogP contribution < -0.4 is 0 Å². The molecule has 0 fully saturated rings. The third-order valence-electron chi connectivity index (χ3n) is 2.68. The first kappa shape index (κ1) is 12.5. The number of rotatable bonds is 2. The largest absolute Gasteiger partial charge is 0.507 e. The molecule has 3 nitrogen and oxygen atoms in total. The van der Waals surface area contributed by atoms with E-state index in [9.17, 15) is 5.11 Å². The standard InChI is InChI=1S/C14H12ClNO2/c1-9-7-13(17)11(8-12(9)15)14(16-18)10-5-3-2-4-6-10/h2-8,17-18H,1H3/b16-14-. The number of oxime groups is 1. The molecule has 2 aromatic carbocycles. The van der Waals surface area contributed by atoms with Gasteiger partial charge in [-0.15, -0.1) is 0 Å². The molecule has 0 atom stereocenters. The van der Waals surface area contributed by atoms with Crippen LogP contribution in [0.25, 0.3) is 0 Å². The molecule has 0 saturated carbocycles. The number of aromatic hydroxyl groups is 1. The topological polar surface area (TPSA) is 52.8 Å². The van der Waals surface area contributed by atoms with Crippen LogP contribution in [0.5, 0.6) is 5.75 Å². The average molecular weight is 262 g/mol. The van der Waals surface area contributed by atoms with Crippen LogP contribution in [0.1, 0.15) is 16.7 Å². The summed E-state index contributed by atoms with van der Waals surface area (Å²) in [6.07, 6.45) is 0. The number of nitrogens with zero attached hydrogens (tertiary/aromatic N) is 1. The quantitative estimate of drug-likeness (QED) is 0.493. The molecular weight excluding hydrogens is 250 g/mol. The van der Waals surface area contributed by atoms with Gasteiger partial charge >= 0.3 is 0 Å². The average Bonchev–Trinajstić information content (AvgIpc) is 2.38. The third-order valence-corrected chi connectivity index (χ3v) is 3.09. The maximum absolute atomic E-state index is 9.93. The molecule has 0 amide bonds. The maximum Gasteiger partial charge on any atom is 0.125 e. The van der Waals surface area contributed by atoms with Crippen LogP contribution in [-0.4, -0.2) is 16.0 Å². The summed E-state index contributed by atoms with van der Waals surface area (Å²) in [7, 11) is 0. The van der Waals surface area contributed by atoms with Crippen LogP contribution in [0.4, 0.5) is 0 Å². The highest BCUT2D eigenvalue weighted by molar-refractivity contribution is 6.32. The Morgan fingerprint density at radius 1 is 1.17 bits per heavy atom. The van der Waals surface area contributed by atoms with Crippen LogP contribution >= 0.6 is 11.6 Å². The lowest BCUT2D eigenvalue weighted by Gasteiger charge is -2.09. The van der Waals surface area contributed by atoms with E-state index in [1.54, 1.807) is 31.2 Å². The lowest BCUT2D eigenvalue weighted by molar-refractivity contribution is 0.319. The summed E-state index contributed by atoms with van der Waals surface area (Å²) >= 11 is 6.03. The van der Waals surface area contributed by atoms with E-state index in [1.165, 1.54) is 0 Å². The van der Waals surface area contributed by atoms with E-state index >= 15 is 0 Å². The molecule has 0 saturated heterocycles. The fourth-order valence-corrected chi connectivity index (χ4v) is 1.88. The predicted molar refractivity (Wildman–Crippen MR) is 71.7 cm³/mol. The number of aryl methyl sites for hydroxylation is 1. The molecule has 2 aromatic rings. The van der Waals surface area contributed by atoms with Crippen molar-refractivity contribution in [1.82, 2.24) is 0 Å². The highest BCUT2D eigenvalue weighted by Gasteiger charge is 2.14. The first-order valence-corrected chi connectivity index (χ1v) is 5.78. The van der Waals surface area contributed by atoms with Gasteiger partial charge in [-0.05, 0) is 24.6 Å². The van der Waals surface area contributed by atoms with Gasteiger partial charge in [0.05, 0.1) is 0 Å². The summed E-state index contributed by atoms with van der Waals surface area (Å²) < 4.78 is 0. The molecule has 0 radical (unpaired) electrons.